The van der Waals surface area contributed by atoms with Crippen LogP contribution < -0.4 is 10.1 Å². The average Bonchev–Trinajstić information content (AvgIpc) is 3.22. The molecule has 0 aliphatic rings. The third-order valence-electron chi connectivity index (χ3n) is 3.96. The molecule has 0 atom stereocenters. The second-order valence-electron chi connectivity index (χ2n) is 5.94. The maximum Gasteiger partial charge on any atom is 0.254 e. The number of benzene rings is 2. The van der Waals surface area contributed by atoms with Crippen molar-refractivity contribution in [1.82, 2.24) is 19.7 Å². The third-order valence-corrected chi connectivity index (χ3v) is 4.20. The van der Waals surface area contributed by atoms with Gasteiger partial charge in [-0.1, -0.05) is 11.6 Å². The number of ether oxygens (including phenoxy) is 1. The zero-order chi connectivity index (χ0) is 20.1. The number of hydrogen-bond acceptors (Lipinski definition) is 5. The van der Waals surface area contributed by atoms with Gasteiger partial charge in [-0.05, 0) is 42.5 Å². The average molecular weight is 400 g/mol. The number of anilines is 1. The SMILES string of the molecule is COc1ccc(Cl)cc1NC(=O)CN(C)C(=O)c1ccc(-n2cncn2)cc1. The Morgan fingerprint density at radius 3 is 2.61 bits per heavy atom. The first-order chi connectivity index (χ1) is 13.5. The first kappa shape index (κ1) is 19.4. The van der Waals surface area contributed by atoms with Crippen LogP contribution >= 0.6 is 11.6 Å². The van der Waals surface area contributed by atoms with Crippen LogP contribution in [-0.4, -0.2) is 52.2 Å². The normalized spacial score (nSPS) is 10.4. The zero-order valence-corrected chi connectivity index (χ0v) is 16.1. The molecule has 0 bridgehead atoms. The van der Waals surface area contributed by atoms with Crippen LogP contribution in [0.25, 0.3) is 5.69 Å². The molecule has 0 saturated heterocycles. The molecule has 2 amide bonds. The van der Waals surface area contributed by atoms with E-state index < -0.39 is 0 Å². The maximum absolute atomic E-state index is 12.6. The summed E-state index contributed by atoms with van der Waals surface area (Å²) < 4.78 is 6.79. The molecule has 8 nitrogen and oxygen atoms in total. The van der Waals surface area contributed by atoms with Crippen molar-refractivity contribution in [1.29, 1.82) is 0 Å². The number of rotatable bonds is 6. The Hall–Kier alpha value is -3.39. The van der Waals surface area contributed by atoms with E-state index in [-0.39, 0.29) is 18.4 Å². The van der Waals surface area contributed by atoms with Gasteiger partial charge >= 0.3 is 0 Å². The number of methoxy groups -OCH3 is 1. The van der Waals surface area contributed by atoms with Crippen molar-refractivity contribution in [3.8, 4) is 11.4 Å². The minimum absolute atomic E-state index is 0.126. The first-order valence-corrected chi connectivity index (χ1v) is 8.69. The van der Waals surface area contributed by atoms with Gasteiger partial charge in [0.05, 0.1) is 25.0 Å². The highest BCUT2D eigenvalue weighted by molar-refractivity contribution is 6.31. The first-order valence-electron chi connectivity index (χ1n) is 8.32. The molecular weight excluding hydrogens is 382 g/mol. The quantitative estimate of drug-likeness (QED) is 0.688. The van der Waals surface area contributed by atoms with E-state index >= 15 is 0 Å². The number of carbonyl (C=O) groups excluding carboxylic acids is 2. The Kier molecular flexibility index (Phi) is 5.90. The predicted molar refractivity (Wildman–Crippen MR) is 105 cm³/mol. The Labute approximate surface area is 166 Å². The van der Waals surface area contributed by atoms with E-state index in [1.807, 2.05) is 0 Å². The van der Waals surface area contributed by atoms with Crippen molar-refractivity contribution in [2.75, 3.05) is 26.0 Å². The summed E-state index contributed by atoms with van der Waals surface area (Å²) in [7, 11) is 3.06. The summed E-state index contributed by atoms with van der Waals surface area (Å²) in [6, 6.07) is 11.8. The lowest BCUT2D eigenvalue weighted by molar-refractivity contribution is -0.116. The molecule has 3 aromatic rings. The largest absolute Gasteiger partial charge is 0.495 e. The summed E-state index contributed by atoms with van der Waals surface area (Å²) >= 11 is 5.96. The molecule has 0 fully saturated rings. The van der Waals surface area contributed by atoms with Gasteiger partial charge in [0, 0.05) is 17.6 Å². The number of hydrogen-bond donors (Lipinski definition) is 1. The van der Waals surface area contributed by atoms with E-state index in [0.717, 1.165) is 5.69 Å². The lowest BCUT2D eigenvalue weighted by Gasteiger charge is -2.18. The van der Waals surface area contributed by atoms with Crippen molar-refractivity contribution in [2.24, 2.45) is 0 Å². The highest BCUT2D eigenvalue weighted by Gasteiger charge is 2.16. The number of amides is 2. The van der Waals surface area contributed by atoms with Crippen LogP contribution in [0.3, 0.4) is 0 Å². The van der Waals surface area contributed by atoms with E-state index in [1.54, 1.807) is 60.5 Å². The van der Waals surface area contributed by atoms with Gasteiger partial charge < -0.3 is 15.0 Å². The van der Waals surface area contributed by atoms with Gasteiger partial charge in [-0.15, -0.1) is 0 Å². The van der Waals surface area contributed by atoms with E-state index in [0.29, 0.717) is 22.0 Å². The fourth-order valence-electron chi connectivity index (χ4n) is 2.57. The maximum atomic E-state index is 12.6. The number of aromatic nitrogens is 3. The summed E-state index contributed by atoms with van der Waals surface area (Å²) in [6.07, 6.45) is 3.00. The minimum Gasteiger partial charge on any atom is -0.495 e. The summed E-state index contributed by atoms with van der Waals surface area (Å²) in [5, 5.41) is 7.21. The Bertz CT molecular complexity index is 974. The van der Waals surface area contributed by atoms with Crippen LogP contribution in [0.1, 0.15) is 10.4 Å². The Morgan fingerprint density at radius 1 is 1.21 bits per heavy atom. The van der Waals surface area contributed by atoms with E-state index in [2.05, 4.69) is 15.4 Å². The van der Waals surface area contributed by atoms with Crippen molar-refractivity contribution in [3.63, 3.8) is 0 Å². The van der Waals surface area contributed by atoms with Gasteiger partial charge in [0.15, 0.2) is 0 Å². The van der Waals surface area contributed by atoms with Crippen LogP contribution in [-0.2, 0) is 4.79 Å². The van der Waals surface area contributed by atoms with Gasteiger partial charge in [-0.3, -0.25) is 9.59 Å². The lowest BCUT2D eigenvalue weighted by atomic mass is 10.2. The monoisotopic (exact) mass is 399 g/mol. The second-order valence-corrected chi connectivity index (χ2v) is 6.38. The van der Waals surface area contributed by atoms with Crippen LogP contribution in [0.2, 0.25) is 5.02 Å². The lowest BCUT2D eigenvalue weighted by Crippen LogP contribution is -2.35. The highest BCUT2D eigenvalue weighted by Crippen LogP contribution is 2.27. The van der Waals surface area contributed by atoms with Gasteiger partial charge in [0.1, 0.15) is 18.4 Å². The fraction of sp³-hybridized carbons (Fsp3) is 0.158. The van der Waals surface area contributed by atoms with Gasteiger partial charge in [0.2, 0.25) is 5.91 Å². The highest BCUT2D eigenvalue weighted by atomic mass is 35.5. The fourth-order valence-corrected chi connectivity index (χ4v) is 2.75. The van der Waals surface area contributed by atoms with Crippen LogP contribution in [0.15, 0.2) is 55.1 Å². The molecule has 0 spiro atoms. The summed E-state index contributed by atoms with van der Waals surface area (Å²) in [6.45, 7) is -0.126. The number of carbonyl (C=O) groups is 2. The van der Waals surface area contributed by atoms with Crippen molar-refractivity contribution < 1.29 is 14.3 Å². The third kappa shape index (κ3) is 4.47. The number of nitrogens with one attached hydrogen (secondary N) is 1. The molecule has 28 heavy (non-hydrogen) atoms. The molecule has 1 N–H and O–H groups in total. The van der Waals surface area contributed by atoms with Gasteiger partial charge in [-0.2, -0.15) is 5.10 Å². The van der Waals surface area contributed by atoms with E-state index in [1.165, 1.54) is 18.3 Å². The van der Waals surface area contributed by atoms with Crippen LogP contribution in [0.5, 0.6) is 5.75 Å². The van der Waals surface area contributed by atoms with Crippen molar-refractivity contribution >= 4 is 29.1 Å². The molecule has 3 rings (SSSR count). The molecule has 0 aliphatic carbocycles. The van der Waals surface area contributed by atoms with E-state index in [4.69, 9.17) is 16.3 Å². The zero-order valence-electron chi connectivity index (χ0n) is 15.3. The predicted octanol–water partition coefficient (Wildman–Crippen LogP) is 2.64. The van der Waals surface area contributed by atoms with Crippen LogP contribution in [0, 0.1) is 0 Å². The summed E-state index contributed by atoms with van der Waals surface area (Å²) in [5.74, 6) is -0.163. The second kappa shape index (κ2) is 8.53. The molecule has 2 aromatic carbocycles. The molecular formula is C19H18ClN5O3. The van der Waals surface area contributed by atoms with Gasteiger partial charge in [-0.25, -0.2) is 9.67 Å². The van der Waals surface area contributed by atoms with E-state index in [9.17, 15) is 9.59 Å². The standard InChI is InChI=1S/C19H18ClN5O3/c1-24(10-18(26)23-16-9-14(20)5-8-17(16)28-2)19(27)13-3-6-15(7-4-13)25-12-21-11-22-25/h3-9,11-12H,10H2,1-2H3,(H,23,26). The van der Waals surface area contributed by atoms with Crippen molar-refractivity contribution in [3.05, 3.63) is 65.7 Å². The molecule has 0 saturated carbocycles. The molecule has 1 aromatic heterocycles. The molecule has 0 radical (unpaired) electrons. The van der Waals surface area contributed by atoms with Crippen LogP contribution in [0.4, 0.5) is 5.69 Å². The summed E-state index contributed by atoms with van der Waals surface area (Å²) in [4.78, 5) is 30.1. The molecule has 144 valence electrons. The smallest absolute Gasteiger partial charge is 0.254 e. The summed E-state index contributed by atoms with van der Waals surface area (Å²) in [5.41, 5.74) is 1.68. The topological polar surface area (TPSA) is 89.4 Å². The van der Waals surface area contributed by atoms with Crippen molar-refractivity contribution in [2.45, 2.75) is 0 Å². The number of halogens is 1. The van der Waals surface area contributed by atoms with Gasteiger partial charge in [0.25, 0.3) is 5.91 Å². The minimum atomic E-state index is -0.365. The molecule has 9 heteroatoms. The molecule has 0 aliphatic heterocycles. The molecule has 0 unspecified atom stereocenters. The number of nitrogens with zero attached hydrogens (tertiary/aromatic N) is 4. The Morgan fingerprint density at radius 2 is 1.96 bits per heavy atom. The Balaban J connectivity index is 1.64. The number of likely N-dealkylation sites (N-methyl/N-ethyl adjacent to an activating group) is 1. The molecule has 1 heterocycles.